The van der Waals surface area contributed by atoms with E-state index in [4.69, 9.17) is 14.7 Å². The Kier molecular flexibility index (Phi) is 10.1. The molecule has 1 rings (SSSR count). The van der Waals surface area contributed by atoms with Crippen LogP contribution in [0, 0.1) is 11.3 Å². The Hall–Kier alpha value is -3.67. The summed E-state index contributed by atoms with van der Waals surface area (Å²) in [6.07, 6.45) is 1.74. The van der Waals surface area contributed by atoms with Crippen molar-refractivity contribution in [1.29, 1.82) is 5.26 Å². The molecule has 0 radical (unpaired) electrons. The number of hydrogen-bond donors (Lipinski definition) is 2. The molecule has 0 fully saturated rings. The normalized spacial score (nSPS) is 12.9. The highest BCUT2D eigenvalue weighted by Gasteiger charge is 2.23. The number of carbonyl (C=O) groups excluding carboxylic acids is 2. The second-order valence-corrected chi connectivity index (χ2v) is 7.87. The summed E-state index contributed by atoms with van der Waals surface area (Å²) in [6.45, 7) is 14.0. The molecular formula is C23H31N5O4. The standard InChI is InChI=1S/C23H31N5O4/c1-8-17-12-16(13-24)10-11-19(17)31-21(25-7)26-14-15(3)27-20(29)18(9-2)28-22(30)32-23(4,5)6/h10-12,14,18H,7-9H2,1-6H3,(H,27,29)(H,28,30)/b15-14+,26-21+/t18-/m1/s1. The molecule has 9 heteroatoms. The molecule has 0 heterocycles. The number of amidine groups is 1. The molecule has 0 spiro atoms. The third-order valence-corrected chi connectivity index (χ3v) is 4.01. The Labute approximate surface area is 189 Å². The van der Waals surface area contributed by atoms with Crippen molar-refractivity contribution in [3.05, 3.63) is 41.2 Å². The molecule has 172 valence electrons. The van der Waals surface area contributed by atoms with Crippen LogP contribution in [0.2, 0.25) is 0 Å². The number of allylic oxidation sites excluding steroid dienone is 1. The van der Waals surface area contributed by atoms with Gasteiger partial charge in [-0.05, 0) is 71.0 Å². The fourth-order valence-electron chi connectivity index (χ4n) is 2.49. The number of nitrogens with one attached hydrogen (secondary N) is 2. The van der Waals surface area contributed by atoms with Gasteiger partial charge in [0.1, 0.15) is 17.4 Å². The van der Waals surface area contributed by atoms with E-state index in [1.807, 2.05) is 6.92 Å². The van der Waals surface area contributed by atoms with E-state index in [1.54, 1.807) is 52.8 Å². The molecule has 1 atom stereocenters. The van der Waals surface area contributed by atoms with Gasteiger partial charge in [0.25, 0.3) is 0 Å². The van der Waals surface area contributed by atoms with Crippen LogP contribution in [0.5, 0.6) is 5.75 Å². The Bertz CT molecular complexity index is 939. The molecule has 9 nitrogen and oxygen atoms in total. The number of ether oxygens (including phenoxy) is 2. The number of nitriles is 1. The van der Waals surface area contributed by atoms with E-state index < -0.39 is 23.6 Å². The highest BCUT2D eigenvalue weighted by molar-refractivity contribution is 5.87. The lowest BCUT2D eigenvalue weighted by atomic mass is 10.1. The predicted octanol–water partition coefficient (Wildman–Crippen LogP) is 3.84. The summed E-state index contributed by atoms with van der Waals surface area (Å²) in [5.74, 6) is 0.108. The maximum Gasteiger partial charge on any atom is 0.408 e. The first-order valence-corrected chi connectivity index (χ1v) is 10.3. The van der Waals surface area contributed by atoms with Crippen LogP contribution < -0.4 is 15.4 Å². The summed E-state index contributed by atoms with van der Waals surface area (Å²) in [7, 11) is 0. The summed E-state index contributed by atoms with van der Waals surface area (Å²) >= 11 is 0. The third kappa shape index (κ3) is 9.00. The zero-order valence-electron chi connectivity index (χ0n) is 19.5. The Morgan fingerprint density at radius 1 is 1.31 bits per heavy atom. The molecule has 0 saturated carbocycles. The van der Waals surface area contributed by atoms with Gasteiger partial charge in [-0.3, -0.25) is 4.79 Å². The quantitative estimate of drug-likeness (QED) is 0.491. The number of amides is 2. The lowest BCUT2D eigenvalue weighted by Crippen LogP contribution is -2.47. The Morgan fingerprint density at radius 2 is 2.00 bits per heavy atom. The van der Waals surface area contributed by atoms with Gasteiger partial charge in [-0.1, -0.05) is 13.8 Å². The molecule has 0 aliphatic carbocycles. The maximum atomic E-state index is 12.5. The van der Waals surface area contributed by atoms with Crippen molar-refractivity contribution in [2.45, 2.75) is 66.0 Å². The molecule has 0 aromatic heterocycles. The highest BCUT2D eigenvalue weighted by atomic mass is 16.6. The molecule has 2 amide bonds. The molecule has 0 bridgehead atoms. The fraction of sp³-hybridized carbons (Fsp3) is 0.435. The van der Waals surface area contributed by atoms with Crippen LogP contribution in [0.1, 0.15) is 59.1 Å². The van der Waals surface area contributed by atoms with E-state index in [9.17, 15) is 9.59 Å². The lowest BCUT2D eigenvalue weighted by molar-refractivity contribution is -0.122. The van der Waals surface area contributed by atoms with Crippen molar-refractivity contribution in [3.63, 3.8) is 0 Å². The third-order valence-electron chi connectivity index (χ3n) is 4.01. The van der Waals surface area contributed by atoms with Gasteiger partial charge in [0, 0.05) is 5.70 Å². The monoisotopic (exact) mass is 441 g/mol. The van der Waals surface area contributed by atoms with Crippen molar-refractivity contribution >= 4 is 24.7 Å². The van der Waals surface area contributed by atoms with Crippen molar-refractivity contribution in [2.24, 2.45) is 9.98 Å². The molecule has 1 aromatic carbocycles. The topological polar surface area (TPSA) is 125 Å². The molecule has 0 aliphatic rings. The van der Waals surface area contributed by atoms with Crippen LogP contribution in [0.3, 0.4) is 0 Å². The highest BCUT2D eigenvalue weighted by Crippen LogP contribution is 2.21. The number of alkyl carbamates (subject to hydrolysis) is 1. The van der Waals surface area contributed by atoms with Crippen LogP contribution in [0.15, 0.2) is 40.1 Å². The van der Waals surface area contributed by atoms with Gasteiger partial charge in [0.2, 0.25) is 5.91 Å². The molecule has 2 N–H and O–H groups in total. The smallest absolute Gasteiger partial charge is 0.408 e. The number of hydrogen-bond acceptors (Lipinski definition) is 6. The van der Waals surface area contributed by atoms with E-state index in [0.29, 0.717) is 29.9 Å². The summed E-state index contributed by atoms with van der Waals surface area (Å²) in [4.78, 5) is 32.3. The van der Waals surface area contributed by atoms with Gasteiger partial charge in [0.15, 0.2) is 0 Å². The number of nitrogens with zero attached hydrogens (tertiary/aromatic N) is 3. The Morgan fingerprint density at radius 3 is 2.53 bits per heavy atom. The molecule has 32 heavy (non-hydrogen) atoms. The minimum absolute atomic E-state index is 0.0167. The van der Waals surface area contributed by atoms with Gasteiger partial charge < -0.3 is 20.1 Å². The van der Waals surface area contributed by atoms with Crippen LogP contribution in [-0.4, -0.2) is 36.4 Å². The number of carbonyl (C=O) groups is 2. The van der Waals surface area contributed by atoms with Gasteiger partial charge in [-0.15, -0.1) is 0 Å². The van der Waals surface area contributed by atoms with Gasteiger partial charge in [-0.2, -0.15) is 5.26 Å². The van der Waals surface area contributed by atoms with Crippen LogP contribution in [0.25, 0.3) is 0 Å². The van der Waals surface area contributed by atoms with Crippen molar-refractivity contribution in [2.75, 3.05) is 0 Å². The second kappa shape index (κ2) is 12.2. The van der Waals surface area contributed by atoms with E-state index in [-0.39, 0.29) is 6.02 Å². The summed E-state index contributed by atoms with van der Waals surface area (Å²) in [6, 6.07) is 6.35. The van der Waals surface area contributed by atoms with Crippen LogP contribution in [0.4, 0.5) is 4.79 Å². The SMILES string of the molecule is C=N/C(=N\C=C(/C)NC(=O)[C@@H](CC)NC(=O)OC(C)(C)C)Oc1ccc(C#N)cc1CC. The average molecular weight is 442 g/mol. The summed E-state index contributed by atoms with van der Waals surface area (Å²) in [5.41, 5.74) is 1.11. The first-order valence-electron chi connectivity index (χ1n) is 10.3. The second-order valence-electron chi connectivity index (χ2n) is 7.87. The molecule has 0 unspecified atom stereocenters. The van der Waals surface area contributed by atoms with Crippen LogP contribution >= 0.6 is 0 Å². The molecular weight excluding hydrogens is 410 g/mol. The first kappa shape index (κ1) is 26.4. The summed E-state index contributed by atoms with van der Waals surface area (Å²) < 4.78 is 10.9. The van der Waals surface area contributed by atoms with Crippen molar-refractivity contribution in [3.8, 4) is 11.8 Å². The van der Waals surface area contributed by atoms with Gasteiger partial charge in [-0.25, -0.2) is 14.8 Å². The zero-order chi connectivity index (χ0) is 24.3. The van der Waals surface area contributed by atoms with Gasteiger partial charge >= 0.3 is 12.1 Å². The molecule has 0 saturated heterocycles. The fourth-order valence-corrected chi connectivity index (χ4v) is 2.49. The number of aliphatic imine (C=N–C) groups is 2. The van der Waals surface area contributed by atoms with Crippen molar-refractivity contribution < 1.29 is 19.1 Å². The molecule has 0 aliphatic heterocycles. The van der Waals surface area contributed by atoms with E-state index >= 15 is 0 Å². The number of rotatable bonds is 7. The summed E-state index contributed by atoms with van der Waals surface area (Å²) in [5, 5.41) is 14.3. The largest absolute Gasteiger partial charge is 0.444 e. The maximum absolute atomic E-state index is 12.5. The predicted molar refractivity (Wildman–Crippen MR) is 123 cm³/mol. The van der Waals surface area contributed by atoms with Gasteiger partial charge in [0.05, 0.1) is 17.8 Å². The number of benzene rings is 1. The Balaban J connectivity index is 2.85. The van der Waals surface area contributed by atoms with Crippen LogP contribution in [-0.2, 0) is 16.0 Å². The molecule has 1 aromatic rings. The lowest BCUT2D eigenvalue weighted by Gasteiger charge is -2.22. The minimum Gasteiger partial charge on any atom is -0.444 e. The number of aryl methyl sites for hydroxylation is 1. The first-order chi connectivity index (χ1) is 15.0. The zero-order valence-corrected chi connectivity index (χ0v) is 19.5. The van der Waals surface area contributed by atoms with Crippen molar-refractivity contribution in [1.82, 2.24) is 10.6 Å². The minimum atomic E-state index is -0.767. The van der Waals surface area contributed by atoms with E-state index in [0.717, 1.165) is 5.56 Å². The average Bonchev–Trinajstić information content (AvgIpc) is 2.73. The van der Waals surface area contributed by atoms with E-state index in [2.05, 4.69) is 33.4 Å². The van der Waals surface area contributed by atoms with E-state index in [1.165, 1.54) is 6.20 Å².